The lowest BCUT2D eigenvalue weighted by molar-refractivity contribution is -0.126. The van der Waals surface area contributed by atoms with Crippen molar-refractivity contribution >= 4 is 17.5 Å². The van der Waals surface area contributed by atoms with Crippen LogP contribution in [0.2, 0.25) is 0 Å². The number of hydrogen-bond acceptors (Lipinski definition) is 2. The smallest absolute Gasteiger partial charge is 0.227 e. The standard InChI is InChI=1S/C20H21FN2O2/c1-2-14-3-5-15(6-4-14)12-22-20(25)16-11-19(24)23(13-16)18-9-7-17(21)8-10-18/h3-10,16H,2,11-13H2,1H3,(H,22,25)/t16-/m1/s1. The van der Waals surface area contributed by atoms with Crippen LogP contribution in [0.3, 0.4) is 0 Å². The van der Waals surface area contributed by atoms with Crippen molar-refractivity contribution in [1.82, 2.24) is 5.32 Å². The lowest BCUT2D eigenvalue weighted by Gasteiger charge is -2.16. The topological polar surface area (TPSA) is 49.4 Å². The van der Waals surface area contributed by atoms with E-state index < -0.39 is 0 Å². The first-order valence-electron chi connectivity index (χ1n) is 8.48. The molecule has 1 fully saturated rings. The lowest BCUT2D eigenvalue weighted by atomic mass is 10.1. The molecule has 0 unspecified atom stereocenters. The zero-order chi connectivity index (χ0) is 17.8. The molecule has 2 aromatic carbocycles. The van der Waals surface area contributed by atoms with Gasteiger partial charge in [-0.3, -0.25) is 9.59 Å². The van der Waals surface area contributed by atoms with Crippen LogP contribution in [0.25, 0.3) is 0 Å². The van der Waals surface area contributed by atoms with E-state index in [9.17, 15) is 14.0 Å². The molecule has 4 nitrogen and oxygen atoms in total. The molecule has 5 heteroatoms. The number of carbonyl (C=O) groups excluding carboxylic acids is 2. The van der Waals surface area contributed by atoms with Gasteiger partial charge in [-0.05, 0) is 41.8 Å². The first kappa shape index (κ1) is 17.1. The predicted molar refractivity (Wildman–Crippen MR) is 94.5 cm³/mol. The van der Waals surface area contributed by atoms with Crippen molar-refractivity contribution in [3.05, 3.63) is 65.5 Å². The Morgan fingerprint density at radius 3 is 2.40 bits per heavy atom. The zero-order valence-corrected chi connectivity index (χ0v) is 14.2. The number of carbonyl (C=O) groups is 2. The Bertz CT molecular complexity index is 756. The van der Waals surface area contributed by atoms with Crippen molar-refractivity contribution in [1.29, 1.82) is 0 Å². The van der Waals surface area contributed by atoms with Crippen LogP contribution >= 0.6 is 0 Å². The van der Waals surface area contributed by atoms with Crippen molar-refractivity contribution < 1.29 is 14.0 Å². The number of amides is 2. The highest BCUT2D eigenvalue weighted by molar-refractivity contribution is 6.00. The molecule has 0 radical (unpaired) electrons. The number of benzene rings is 2. The molecule has 2 aromatic rings. The molecule has 25 heavy (non-hydrogen) atoms. The van der Waals surface area contributed by atoms with Crippen LogP contribution in [0, 0.1) is 11.7 Å². The second-order valence-electron chi connectivity index (χ2n) is 6.27. The zero-order valence-electron chi connectivity index (χ0n) is 14.2. The van der Waals surface area contributed by atoms with E-state index in [4.69, 9.17) is 0 Å². The van der Waals surface area contributed by atoms with E-state index in [1.54, 1.807) is 17.0 Å². The quantitative estimate of drug-likeness (QED) is 0.909. The molecule has 0 bridgehead atoms. The monoisotopic (exact) mass is 340 g/mol. The Morgan fingerprint density at radius 2 is 1.76 bits per heavy atom. The molecule has 0 spiro atoms. The minimum atomic E-state index is -0.382. The van der Waals surface area contributed by atoms with E-state index in [2.05, 4.69) is 24.4 Å². The van der Waals surface area contributed by atoms with Gasteiger partial charge in [0.25, 0.3) is 0 Å². The summed E-state index contributed by atoms with van der Waals surface area (Å²) >= 11 is 0. The summed E-state index contributed by atoms with van der Waals surface area (Å²) in [4.78, 5) is 26.1. The van der Waals surface area contributed by atoms with Gasteiger partial charge in [-0.25, -0.2) is 4.39 Å². The molecule has 1 aliphatic rings. The minimum Gasteiger partial charge on any atom is -0.352 e. The summed E-state index contributed by atoms with van der Waals surface area (Å²) in [7, 11) is 0. The van der Waals surface area contributed by atoms with Crippen LogP contribution in [0.4, 0.5) is 10.1 Å². The number of hydrogen-bond donors (Lipinski definition) is 1. The number of anilines is 1. The first-order chi connectivity index (χ1) is 12.1. The third kappa shape index (κ3) is 4.05. The molecule has 2 amide bonds. The van der Waals surface area contributed by atoms with Gasteiger partial charge in [0.05, 0.1) is 5.92 Å². The molecular formula is C20H21FN2O2. The highest BCUT2D eigenvalue weighted by Crippen LogP contribution is 2.25. The van der Waals surface area contributed by atoms with Gasteiger partial charge in [0.15, 0.2) is 0 Å². The lowest BCUT2D eigenvalue weighted by Crippen LogP contribution is -2.32. The summed E-state index contributed by atoms with van der Waals surface area (Å²) in [6, 6.07) is 13.9. The summed E-state index contributed by atoms with van der Waals surface area (Å²) in [5, 5.41) is 2.90. The molecule has 1 atom stereocenters. The summed E-state index contributed by atoms with van der Waals surface area (Å²) in [5.74, 6) is -0.970. The van der Waals surface area contributed by atoms with E-state index in [1.165, 1.54) is 17.7 Å². The molecular weight excluding hydrogens is 319 g/mol. The van der Waals surface area contributed by atoms with Crippen LogP contribution in [0.5, 0.6) is 0 Å². The van der Waals surface area contributed by atoms with Crippen molar-refractivity contribution in [2.75, 3.05) is 11.4 Å². The second-order valence-corrected chi connectivity index (χ2v) is 6.27. The van der Waals surface area contributed by atoms with E-state index in [1.807, 2.05) is 12.1 Å². The maximum Gasteiger partial charge on any atom is 0.227 e. The van der Waals surface area contributed by atoms with E-state index >= 15 is 0 Å². The van der Waals surface area contributed by atoms with Crippen LogP contribution in [0.1, 0.15) is 24.5 Å². The van der Waals surface area contributed by atoms with Crippen molar-refractivity contribution in [3.63, 3.8) is 0 Å². The highest BCUT2D eigenvalue weighted by atomic mass is 19.1. The largest absolute Gasteiger partial charge is 0.352 e. The summed E-state index contributed by atoms with van der Waals surface area (Å²) in [6.45, 7) is 2.87. The minimum absolute atomic E-state index is 0.112. The molecule has 1 heterocycles. The number of aryl methyl sites for hydroxylation is 1. The molecule has 1 N–H and O–H groups in total. The maximum absolute atomic E-state index is 13.0. The highest BCUT2D eigenvalue weighted by Gasteiger charge is 2.34. The van der Waals surface area contributed by atoms with Crippen molar-refractivity contribution in [2.24, 2.45) is 5.92 Å². The van der Waals surface area contributed by atoms with Crippen LogP contribution in [-0.2, 0) is 22.6 Å². The van der Waals surface area contributed by atoms with Gasteiger partial charge in [0.1, 0.15) is 5.82 Å². The third-order valence-electron chi connectivity index (χ3n) is 4.53. The van der Waals surface area contributed by atoms with Crippen LogP contribution in [0.15, 0.2) is 48.5 Å². The Hall–Kier alpha value is -2.69. The number of rotatable bonds is 5. The van der Waals surface area contributed by atoms with E-state index in [0.29, 0.717) is 18.8 Å². The van der Waals surface area contributed by atoms with E-state index in [-0.39, 0.29) is 30.0 Å². The van der Waals surface area contributed by atoms with Gasteiger partial charge in [-0.2, -0.15) is 0 Å². The van der Waals surface area contributed by atoms with Gasteiger partial charge in [0, 0.05) is 25.2 Å². The fourth-order valence-corrected chi connectivity index (χ4v) is 2.98. The number of halogens is 1. The average molecular weight is 340 g/mol. The fraction of sp³-hybridized carbons (Fsp3) is 0.300. The van der Waals surface area contributed by atoms with Crippen molar-refractivity contribution in [3.8, 4) is 0 Å². The molecule has 3 rings (SSSR count). The third-order valence-corrected chi connectivity index (χ3v) is 4.53. The van der Waals surface area contributed by atoms with Gasteiger partial charge in [-0.1, -0.05) is 31.2 Å². The van der Waals surface area contributed by atoms with Gasteiger partial charge in [-0.15, -0.1) is 0 Å². The maximum atomic E-state index is 13.0. The SMILES string of the molecule is CCc1ccc(CNC(=O)[C@@H]2CC(=O)N(c3ccc(F)cc3)C2)cc1. The molecule has 1 aliphatic heterocycles. The molecule has 0 saturated carbocycles. The Kier molecular flexibility index (Phi) is 5.12. The van der Waals surface area contributed by atoms with Gasteiger partial charge >= 0.3 is 0 Å². The molecule has 1 saturated heterocycles. The second kappa shape index (κ2) is 7.47. The normalized spacial score (nSPS) is 17.0. The Morgan fingerprint density at radius 1 is 1.12 bits per heavy atom. The van der Waals surface area contributed by atoms with Crippen LogP contribution < -0.4 is 10.2 Å². The summed E-state index contributed by atoms with van der Waals surface area (Å²) in [6.07, 6.45) is 1.16. The number of nitrogens with one attached hydrogen (secondary N) is 1. The molecule has 130 valence electrons. The first-order valence-corrected chi connectivity index (χ1v) is 8.48. The average Bonchev–Trinajstić information content (AvgIpc) is 3.02. The van der Waals surface area contributed by atoms with Gasteiger partial charge in [0.2, 0.25) is 11.8 Å². The predicted octanol–water partition coefficient (Wildman–Crippen LogP) is 3.06. The fourth-order valence-electron chi connectivity index (χ4n) is 2.98. The summed E-state index contributed by atoms with van der Waals surface area (Å²) < 4.78 is 13.0. The Balaban J connectivity index is 1.57. The number of nitrogens with zero attached hydrogens (tertiary/aromatic N) is 1. The van der Waals surface area contributed by atoms with Gasteiger partial charge < -0.3 is 10.2 Å². The molecule has 0 aliphatic carbocycles. The van der Waals surface area contributed by atoms with Crippen LogP contribution in [-0.4, -0.2) is 18.4 Å². The summed E-state index contributed by atoms with van der Waals surface area (Å²) in [5.41, 5.74) is 2.91. The van der Waals surface area contributed by atoms with Crippen molar-refractivity contribution in [2.45, 2.75) is 26.3 Å². The Labute approximate surface area is 146 Å². The van der Waals surface area contributed by atoms with E-state index in [0.717, 1.165) is 12.0 Å². The molecule has 0 aromatic heterocycles.